The first-order valence-electron chi connectivity index (χ1n) is 5.28. The van der Waals surface area contributed by atoms with E-state index < -0.39 is 0 Å². The van der Waals surface area contributed by atoms with Crippen LogP contribution >= 0.6 is 23.2 Å². The van der Waals surface area contributed by atoms with Crippen LogP contribution in [-0.4, -0.2) is 34.2 Å². The molecule has 1 saturated heterocycles. The molecule has 5 heteroatoms. The molecule has 1 aromatic rings. The Morgan fingerprint density at radius 2 is 2.31 bits per heavy atom. The van der Waals surface area contributed by atoms with Crippen LogP contribution in [0.4, 0.5) is 0 Å². The molecule has 0 bridgehead atoms. The van der Waals surface area contributed by atoms with Gasteiger partial charge in [0.05, 0.1) is 6.10 Å². The predicted octanol–water partition coefficient (Wildman–Crippen LogP) is 2.26. The fourth-order valence-electron chi connectivity index (χ4n) is 1.94. The number of nitrogens with zero attached hydrogens (tertiary/aromatic N) is 2. The molecule has 0 aromatic carbocycles. The second-order valence-electron chi connectivity index (χ2n) is 4.19. The second-order valence-corrected chi connectivity index (χ2v) is 4.96. The molecule has 2 heterocycles. The van der Waals surface area contributed by atoms with E-state index in [1.54, 1.807) is 0 Å². The van der Waals surface area contributed by atoms with E-state index >= 15 is 0 Å². The van der Waals surface area contributed by atoms with Crippen LogP contribution in [0, 0.1) is 6.92 Å². The number of hydrogen-bond donors (Lipinski definition) is 1. The molecule has 1 aliphatic rings. The molecule has 1 fully saturated rings. The lowest BCUT2D eigenvalue weighted by molar-refractivity contribution is 0.175. The maximum Gasteiger partial charge on any atom is 0.135 e. The summed E-state index contributed by atoms with van der Waals surface area (Å²) >= 11 is 12.2. The number of hydrogen-bond acceptors (Lipinski definition) is 3. The zero-order valence-electron chi connectivity index (χ0n) is 9.08. The molecule has 88 valence electrons. The first kappa shape index (κ1) is 12.1. The Kier molecular flexibility index (Phi) is 3.70. The number of likely N-dealkylation sites (tertiary alicyclic amines) is 1. The maximum absolute atomic E-state index is 9.44. The van der Waals surface area contributed by atoms with Gasteiger partial charge in [-0.1, -0.05) is 23.2 Å². The smallest absolute Gasteiger partial charge is 0.135 e. The highest BCUT2D eigenvalue weighted by atomic mass is 35.5. The van der Waals surface area contributed by atoms with Crippen LogP contribution in [0.3, 0.4) is 0 Å². The third-order valence-corrected chi connectivity index (χ3v) is 3.43. The van der Waals surface area contributed by atoms with Crippen molar-refractivity contribution in [1.29, 1.82) is 0 Å². The summed E-state index contributed by atoms with van der Waals surface area (Å²) < 4.78 is 0. The molecular weight excluding hydrogens is 247 g/mol. The van der Waals surface area contributed by atoms with Crippen molar-refractivity contribution in [2.75, 3.05) is 13.1 Å². The minimum absolute atomic E-state index is 0.226. The van der Waals surface area contributed by atoms with Gasteiger partial charge in [-0.15, -0.1) is 0 Å². The molecule has 16 heavy (non-hydrogen) atoms. The van der Waals surface area contributed by atoms with Gasteiger partial charge in [0, 0.05) is 35.9 Å². The van der Waals surface area contributed by atoms with Crippen molar-refractivity contribution in [1.82, 2.24) is 9.88 Å². The molecular formula is C11H14Cl2N2O. The van der Waals surface area contributed by atoms with Crippen LogP contribution < -0.4 is 0 Å². The number of rotatable bonds is 2. The van der Waals surface area contributed by atoms with Crippen molar-refractivity contribution >= 4 is 23.2 Å². The molecule has 1 atom stereocenters. The van der Waals surface area contributed by atoms with Crippen LogP contribution in [0.15, 0.2) is 6.07 Å². The number of aliphatic hydroxyl groups is 1. The number of aromatic nitrogens is 1. The maximum atomic E-state index is 9.44. The van der Waals surface area contributed by atoms with Gasteiger partial charge in [0.1, 0.15) is 5.15 Å². The Hall–Kier alpha value is -0.350. The number of aryl methyl sites for hydroxylation is 1. The van der Waals surface area contributed by atoms with Crippen LogP contribution in [0.25, 0.3) is 0 Å². The van der Waals surface area contributed by atoms with Crippen LogP contribution in [-0.2, 0) is 6.54 Å². The Morgan fingerprint density at radius 1 is 1.56 bits per heavy atom. The quantitative estimate of drug-likeness (QED) is 0.829. The minimum atomic E-state index is -0.226. The Balaban J connectivity index is 2.15. The Morgan fingerprint density at radius 3 is 2.88 bits per heavy atom. The first-order chi connectivity index (χ1) is 7.56. The molecule has 0 amide bonds. The van der Waals surface area contributed by atoms with Crippen LogP contribution in [0.5, 0.6) is 0 Å². The van der Waals surface area contributed by atoms with Crippen molar-refractivity contribution < 1.29 is 5.11 Å². The summed E-state index contributed by atoms with van der Waals surface area (Å²) in [6.45, 7) is 4.07. The molecule has 0 radical (unpaired) electrons. The van der Waals surface area contributed by atoms with Gasteiger partial charge in [-0.25, -0.2) is 4.98 Å². The fourth-order valence-corrected chi connectivity index (χ4v) is 2.59. The molecule has 0 aliphatic carbocycles. The van der Waals surface area contributed by atoms with Gasteiger partial charge >= 0.3 is 0 Å². The monoisotopic (exact) mass is 260 g/mol. The SMILES string of the molecule is Cc1cc(Cl)c(CN2CCC(O)C2)c(Cl)n1. The molecule has 1 aliphatic heterocycles. The van der Waals surface area contributed by atoms with E-state index in [0.717, 1.165) is 24.2 Å². The molecule has 1 unspecified atom stereocenters. The zero-order valence-corrected chi connectivity index (χ0v) is 10.6. The first-order valence-corrected chi connectivity index (χ1v) is 6.04. The molecule has 3 nitrogen and oxygen atoms in total. The van der Waals surface area contributed by atoms with E-state index in [0.29, 0.717) is 23.3 Å². The standard InChI is InChI=1S/C11H14Cl2N2O/c1-7-4-10(12)9(11(13)14-7)6-15-3-2-8(16)5-15/h4,8,16H,2-3,5-6H2,1H3. The van der Waals surface area contributed by atoms with Gasteiger partial charge in [-0.2, -0.15) is 0 Å². The molecule has 2 rings (SSSR count). The van der Waals surface area contributed by atoms with E-state index in [1.165, 1.54) is 0 Å². The predicted molar refractivity (Wildman–Crippen MR) is 64.9 cm³/mol. The topological polar surface area (TPSA) is 36.4 Å². The summed E-state index contributed by atoms with van der Waals surface area (Å²) in [5.41, 5.74) is 1.67. The number of pyridine rings is 1. The fraction of sp³-hybridized carbons (Fsp3) is 0.545. The van der Waals surface area contributed by atoms with Crippen LogP contribution in [0.1, 0.15) is 17.7 Å². The van der Waals surface area contributed by atoms with Crippen LogP contribution in [0.2, 0.25) is 10.2 Å². The largest absolute Gasteiger partial charge is 0.392 e. The number of β-amino-alcohol motifs (C(OH)–C–C–N with tert-alkyl or cyclic N) is 1. The lowest BCUT2D eigenvalue weighted by Gasteiger charge is -2.16. The van der Waals surface area contributed by atoms with Gasteiger partial charge in [0.2, 0.25) is 0 Å². The third-order valence-electron chi connectivity index (χ3n) is 2.78. The summed E-state index contributed by atoms with van der Waals surface area (Å²) in [4.78, 5) is 6.32. The third kappa shape index (κ3) is 2.66. The average Bonchev–Trinajstić information content (AvgIpc) is 2.58. The van der Waals surface area contributed by atoms with Gasteiger partial charge in [-0.05, 0) is 19.4 Å². The van der Waals surface area contributed by atoms with E-state index in [4.69, 9.17) is 23.2 Å². The lowest BCUT2D eigenvalue weighted by atomic mass is 10.2. The number of aliphatic hydroxyl groups excluding tert-OH is 1. The average molecular weight is 261 g/mol. The van der Waals surface area contributed by atoms with Gasteiger partial charge < -0.3 is 5.11 Å². The van der Waals surface area contributed by atoms with E-state index in [-0.39, 0.29) is 6.10 Å². The minimum Gasteiger partial charge on any atom is -0.392 e. The molecule has 0 spiro atoms. The summed E-state index contributed by atoms with van der Waals surface area (Å²) in [6.07, 6.45) is 0.588. The van der Waals surface area contributed by atoms with Crippen molar-refractivity contribution in [3.05, 3.63) is 27.5 Å². The van der Waals surface area contributed by atoms with Crippen molar-refractivity contribution in [3.8, 4) is 0 Å². The Labute approximate surface area is 105 Å². The van der Waals surface area contributed by atoms with Crippen molar-refractivity contribution in [3.63, 3.8) is 0 Å². The zero-order chi connectivity index (χ0) is 11.7. The summed E-state index contributed by atoms with van der Waals surface area (Å²) in [5.74, 6) is 0. The second kappa shape index (κ2) is 4.88. The highest BCUT2D eigenvalue weighted by molar-refractivity contribution is 6.35. The van der Waals surface area contributed by atoms with E-state index in [1.807, 2.05) is 13.0 Å². The summed E-state index contributed by atoms with van der Waals surface area (Å²) in [5, 5.41) is 10.6. The lowest BCUT2D eigenvalue weighted by Crippen LogP contribution is -2.22. The summed E-state index contributed by atoms with van der Waals surface area (Å²) in [7, 11) is 0. The van der Waals surface area contributed by atoms with Gasteiger partial charge in [0.25, 0.3) is 0 Å². The molecule has 1 N–H and O–H groups in total. The van der Waals surface area contributed by atoms with Gasteiger partial charge in [-0.3, -0.25) is 4.90 Å². The highest BCUT2D eigenvalue weighted by Gasteiger charge is 2.22. The molecule has 0 saturated carbocycles. The number of halogens is 2. The normalized spacial score (nSPS) is 21.6. The Bertz CT molecular complexity index is 375. The van der Waals surface area contributed by atoms with Crippen molar-refractivity contribution in [2.45, 2.75) is 26.0 Å². The molecule has 1 aromatic heterocycles. The highest BCUT2D eigenvalue weighted by Crippen LogP contribution is 2.26. The van der Waals surface area contributed by atoms with Crippen molar-refractivity contribution in [2.24, 2.45) is 0 Å². The van der Waals surface area contributed by atoms with E-state index in [2.05, 4.69) is 9.88 Å². The van der Waals surface area contributed by atoms with E-state index in [9.17, 15) is 5.11 Å². The summed E-state index contributed by atoms with van der Waals surface area (Å²) in [6, 6.07) is 1.81. The van der Waals surface area contributed by atoms with Gasteiger partial charge in [0.15, 0.2) is 0 Å².